The van der Waals surface area contributed by atoms with E-state index in [2.05, 4.69) is 42.2 Å². The Morgan fingerprint density at radius 1 is 1.18 bits per heavy atom. The van der Waals surface area contributed by atoms with E-state index >= 15 is 0 Å². The number of nitrogens with two attached hydrogens (primary N) is 1. The molecule has 86 valence electrons. The van der Waals surface area contributed by atoms with Gasteiger partial charge in [-0.05, 0) is 31.2 Å². The Bertz CT molecular complexity index is 568. The van der Waals surface area contributed by atoms with Crippen LogP contribution in [0.1, 0.15) is 6.92 Å². The highest BCUT2D eigenvalue weighted by Gasteiger charge is 2.31. The van der Waals surface area contributed by atoms with Crippen molar-refractivity contribution in [2.75, 3.05) is 17.3 Å². The number of nitrogen functional groups attached to an aromatic ring is 1. The average molecular weight is 244 g/mol. The second-order valence-electron chi connectivity index (χ2n) is 3.92. The van der Waals surface area contributed by atoms with Crippen LogP contribution in [-0.2, 0) is 0 Å². The molecular formula is C13H14N3S+. The van der Waals surface area contributed by atoms with Crippen LogP contribution in [0.15, 0.2) is 52.4 Å². The van der Waals surface area contributed by atoms with E-state index in [0.29, 0.717) is 0 Å². The second-order valence-corrected chi connectivity index (χ2v) is 5.00. The third-order valence-electron chi connectivity index (χ3n) is 2.91. The minimum atomic E-state index is 0.909. The van der Waals surface area contributed by atoms with Crippen LogP contribution >= 0.6 is 11.8 Å². The molecule has 2 N–H and O–H groups in total. The van der Waals surface area contributed by atoms with Gasteiger partial charge in [-0.1, -0.05) is 23.9 Å². The first kappa shape index (κ1) is 10.5. The molecule has 0 bridgehead atoms. The predicted molar refractivity (Wildman–Crippen MR) is 70.0 cm³/mol. The molecular weight excluding hydrogens is 230 g/mol. The first-order chi connectivity index (χ1) is 8.31. The lowest BCUT2D eigenvalue weighted by atomic mass is 10.2. The van der Waals surface area contributed by atoms with Crippen LogP contribution < -0.4 is 15.4 Å². The normalized spacial score (nSPS) is 13.1. The van der Waals surface area contributed by atoms with Gasteiger partial charge in [-0.2, -0.15) is 0 Å². The summed E-state index contributed by atoms with van der Waals surface area (Å²) in [5.41, 5.74) is 1.23. The fraction of sp³-hybridized carbons (Fsp3) is 0.154. The quantitative estimate of drug-likeness (QED) is 0.617. The third-order valence-corrected chi connectivity index (χ3v) is 4.01. The largest absolute Gasteiger partial charge is 0.319 e. The van der Waals surface area contributed by atoms with Crippen LogP contribution in [0.3, 0.4) is 0 Å². The highest BCUT2D eigenvalue weighted by molar-refractivity contribution is 7.99. The molecule has 17 heavy (non-hydrogen) atoms. The molecule has 3 nitrogen and oxygen atoms in total. The minimum Gasteiger partial charge on any atom is -0.269 e. The van der Waals surface area contributed by atoms with E-state index in [1.807, 2.05) is 12.3 Å². The van der Waals surface area contributed by atoms with E-state index in [1.54, 1.807) is 16.4 Å². The van der Waals surface area contributed by atoms with Crippen molar-refractivity contribution in [3.63, 3.8) is 0 Å². The summed E-state index contributed by atoms with van der Waals surface area (Å²) in [6, 6.07) is 12.5. The fourth-order valence-electron chi connectivity index (χ4n) is 2.17. The smallest absolute Gasteiger partial charge is 0.269 e. The zero-order valence-corrected chi connectivity index (χ0v) is 10.4. The van der Waals surface area contributed by atoms with Gasteiger partial charge >= 0.3 is 5.82 Å². The highest BCUT2D eigenvalue weighted by Crippen LogP contribution is 2.45. The zero-order chi connectivity index (χ0) is 11.8. The number of nitrogens with zero attached hydrogens (tertiary/aromatic N) is 2. The topological polar surface area (TPSA) is 33.1 Å². The molecule has 0 atom stereocenters. The Morgan fingerprint density at radius 2 is 1.94 bits per heavy atom. The summed E-state index contributed by atoms with van der Waals surface area (Å²) in [7, 11) is 0. The number of hydrogen-bond acceptors (Lipinski definition) is 3. The molecule has 0 spiro atoms. The van der Waals surface area contributed by atoms with Gasteiger partial charge in [0.1, 0.15) is 16.8 Å². The van der Waals surface area contributed by atoms with Crippen molar-refractivity contribution in [2.24, 2.45) is 0 Å². The summed E-state index contributed by atoms with van der Waals surface area (Å²) in [6.45, 7) is 3.05. The molecule has 2 aromatic rings. The van der Waals surface area contributed by atoms with Crippen molar-refractivity contribution in [2.45, 2.75) is 16.7 Å². The number of hydrogen-bond donors (Lipinski definition) is 1. The van der Waals surface area contributed by atoms with Crippen LogP contribution in [-0.4, -0.2) is 6.54 Å². The van der Waals surface area contributed by atoms with Gasteiger partial charge in [-0.3, -0.25) is 5.84 Å². The zero-order valence-electron chi connectivity index (χ0n) is 9.63. The van der Waals surface area contributed by atoms with Crippen LogP contribution in [0.4, 0.5) is 11.5 Å². The van der Waals surface area contributed by atoms with E-state index in [-0.39, 0.29) is 0 Å². The third kappa shape index (κ3) is 1.56. The molecule has 0 radical (unpaired) electrons. The Balaban J connectivity index is 2.23. The van der Waals surface area contributed by atoms with E-state index in [0.717, 1.165) is 12.4 Å². The van der Waals surface area contributed by atoms with Crippen molar-refractivity contribution in [3.05, 3.63) is 42.6 Å². The second kappa shape index (κ2) is 3.96. The summed E-state index contributed by atoms with van der Waals surface area (Å²) in [6.07, 6.45) is 1.88. The van der Waals surface area contributed by atoms with Gasteiger partial charge < -0.3 is 0 Å². The summed E-state index contributed by atoms with van der Waals surface area (Å²) < 4.78 is 1.70. The molecule has 2 heterocycles. The molecule has 0 fully saturated rings. The summed E-state index contributed by atoms with van der Waals surface area (Å²) in [4.78, 5) is 4.74. The average Bonchev–Trinajstić information content (AvgIpc) is 2.36. The molecule has 0 saturated heterocycles. The fourth-order valence-corrected chi connectivity index (χ4v) is 3.29. The lowest BCUT2D eigenvalue weighted by molar-refractivity contribution is -0.627. The molecule has 1 aliphatic heterocycles. The summed E-state index contributed by atoms with van der Waals surface area (Å²) >= 11 is 1.77. The molecule has 0 aliphatic carbocycles. The number of benzene rings is 1. The number of pyridine rings is 1. The highest BCUT2D eigenvalue weighted by atomic mass is 32.2. The molecule has 0 unspecified atom stereocenters. The van der Waals surface area contributed by atoms with Crippen molar-refractivity contribution in [1.29, 1.82) is 0 Å². The lowest BCUT2D eigenvalue weighted by Crippen LogP contribution is -2.49. The summed E-state index contributed by atoms with van der Waals surface area (Å²) in [5, 5.41) is 0. The maximum absolute atomic E-state index is 6.03. The standard InChI is InChI=1S/C13H14N3S/c1-2-15-10-6-3-4-7-11(10)17-12-8-5-9-16(14)13(12)15/h3-9H,2,14H2,1H3/q+1. The van der Waals surface area contributed by atoms with Gasteiger partial charge in [0.05, 0.1) is 11.4 Å². The van der Waals surface area contributed by atoms with E-state index < -0.39 is 0 Å². The first-order valence-electron chi connectivity index (χ1n) is 5.65. The Hall–Kier alpha value is -1.68. The van der Waals surface area contributed by atoms with Crippen LogP contribution in [0.2, 0.25) is 0 Å². The predicted octanol–water partition coefficient (Wildman–Crippen LogP) is 2.31. The molecule has 0 saturated carbocycles. The van der Waals surface area contributed by atoms with Gasteiger partial charge in [0.2, 0.25) is 0 Å². The van der Waals surface area contributed by atoms with Gasteiger partial charge in [0, 0.05) is 0 Å². The maximum atomic E-state index is 6.03. The van der Waals surface area contributed by atoms with Crippen molar-refractivity contribution < 1.29 is 4.68 Å². The molecule has 1 aromatic carbocycles. The number of fused-ring (bicyclic) bond motifs is 2. The molecule has 1 aliphatic rings. The van der Waals surface area contributed by atoms with Crippen molar-refractivity contribution in [3.8, 4) is 0 Å². The van der Waals surface area contributed by atoms with Gasteiger partial charge in [-0.25, -0.2) is 4.90 Å². The van der Waals surface area contributed by atoms with Gasteiger partial charge in [0.15, 0.2) is 0 Å². The van der Waals surface area contributed by atoms with Crippen molar-refractivity contribution >= 4 is 23.3 Å². The molecule has 0 amide bonds. The van der Waals surface area contributed by atoms with Crippen LogP contribution in [0, 0.1) is 0 Å². The number of para-hydroxylation sites is 1. The number of rotatable bonds is 1. The lowest BCUT2D eigenvalue weighted by Gasteiger charge is -2.24. The van der Waals surface area contributed by atoms with E-state index in [4.69, 9.17) is 5.84 Å². The van der Waals surface area contributed by atoms with Crippen LogP contribution in [0.25, 0.3) is 0 Å². The monoisotopic (exact) mass is 244 g/mol. The minimum absolute atomic E-state index is 0.909. The Labute approximate surface area is 105 Å². The molecule has 1 aromatic heterocycles. The van der Waals surface area contributed by atoms with Crippen LogP contribution in [0.5, 0.6) is 0 Å². The van der Waals surface area contributed by atoms with Gasteiger partial charge in [-0.15, -0.1) is 4.68 Å². The Kier molecular flexibility index (Phi) is 2.44. The SMILES string of the molecule is CCN1c2ccccc2Sc2ccc[n+](N)c21. The first-order valence-corrected chi connectivity index (χ1v) is 6.47. The Morgan fingerprint density at radius 3 is 2.76 bits per heavy atom. The van der Waals surface area contributed by atoms with Crippen molar-refractivity contribution in [1.82, 2.24) is 0 Å². The summed E-state index contributed by atoms with van der Waals surface area (Å²) in [5.74, 6) is 7.09. The number of anilines is 2. The maximum Gasteiger partial charge on any atom is 0.319 e. The molecule has 3 rings (SSSR count). The van der Waals surface area contributed by atoms with E-state index in [1.165, 1.54) is 15.5 Å². The number of aromatic nitrogens is 1. The molecule has 4 heteroatoms. The van der Waals surface area contributed by atoms with Gasteiger partial charge in [0.25, 0.3) is 0 Å². The van der Waals surface area contributed by atoms with E-state index in [9.17, 15) is 0 Å².